The topological polar surface area (TPSA) is 52.6 Å². The minimum atomic E-state index is 0. The van der Waals surface area contributed by atoms with Gasteiger partial charge in [-0.15, -0.1) is 24.0 Å². The maximum Gasteiger partial charge on any atom is 0.191 e. The van der Waals surface area contributed by atoms with Crippen LogP contribution in [0.5, 0.6) is 0 Å². The highest BCUT2D eigenvalue weighted by Gasteiger charge is 2.23. The van der Waals surface area contributed by atoms with Crippen LogP contribution < -0.4 is 10.6 Å². The van der Waals surface area contributed by atoms with Crippen LogP contribution in [0.25, 0.3) is 0 Å². The van der Waals surface area contributed by atoms with Crippen LogP contribution in [-0.2, 0) is 6.42 Å². The Morgan fingerprint density at radius 1 is 1.20 bits per heavy atom. The number of pyridine rings is 1. The number of halogens is 1. The summed E-state index contributed by atoms with van der Waals surface area (Å²) in [6, 6.07) is 13.9. The van der Waals surface area contributed by atoms with Gasteiger partial charge in [0.15, 0.2) is 5.96 Å². The summed E-state index contributed by atoms with van der Waals surface area (Å²) >= 11 is 0. The van der Waals surface area contributed by atoms with Crippen LogP contribution in [0.1, 0.15) is 49.4 Å². The van der Waals surface area contributed by atoms with E-state index >= 15 is 0 Å². The van der Waals surface area contributed by atoms with Crippen LogP contribution in [0, 0.1) is 6.92 Å². The van der Waals surface area contributed by atoms with E-state index in [9.17, 15) is 0 Å². The fourth-order valence-corrected chi connectivity index (χ4v) is 3.96. The molecule has 6 heteroatoms. The SMILES string of the molecule is CCNC(=NCCc1ccncc1C)NC1CCN(C(C)c2ccccc2)CC1.I. The van der Waals surface area contributed by atoms with Crippen molar-refractivity contribution in [2.24, 2.45) is 4.99 Å². The largest absolute Gasteiger partial charge is 0.357 e. The molecule has 2 heterocycles. The molecule has 1 atom stereocenters. The van der Waals surface area contributed by atoms with E-state index in [4.69, 9.17) is 4.99 Å². The lowest BCUT2D eigenvalue weighted by atomic mass is 10.0. The summed E-state index contributed by atoms with van der Waals surface area (Å²) in [7, 11) is 0. The highest BCUT2D eigenvalue weighted by Crippen LogP contribution is 2.23. The first kappa shape index (κ1) is 24.6. The molecule has 0 amide bonds. The van der Waals surface area contributed by atoms with Crippen molar-refractivity contribution in [3.63, 3.8) is 0 Å². The zero-order valence-electron chi connectivity index (χ0n) is 18.5. The normalized spacial score (nSPS) is 16.6. The van der Waals surface area contributed by atoms with Crippen LogP contribution in [0.2, 0.25) is 0 Å². The minimum Gasteiger partial charge on any atom is -0.357 e. The van der Waals surface area contributed by atoms with Crippen LogP contribution >= 0.6 is 24.0 Å². The number of likely N-dealkylation sites (tertiary alicyclic amines) is 1. The van der Waals surface area contributed by atoms with E-state index in [0.717, 1.165) is 51.4 Å². The second-order valence-corrected chi connectivity index (χ2v) is 7.85. The van der Waals surface area contributed by atoms with Crippen molar-refractivity contribution in [2.75, 3.05) is 26.2 Å². The summed E-state index contributed by atoms with van der Waals surface area (Å²) in [6.07, 6.45) is 7.01. The van der Waals surface area contributed by atoms with Crippen LogP contribution in [0.4, 0.5) is 0 Å². The molecular formula is C24H36IN5. The first-order valence-corrected chi connectivity index (χ1v) is 10.9. The number of aryl methyl sites for hydroxylation is 1. The number of nitrogens with zero attached hydrogens (tertiary/aromatic N) is 3. The van der Waals surface area contributed by atoms with Gasteiger partial charge in [0, 0.05) is 50.7 Å². The zero-order chi connectivity index (χ0) is 20.5. The number of nitrogens with one attached hydrogen (secondary N) is 2. The smallest absolute Gasteiger partial charge is 0.191 e. The molecule has 1 saturated heterocycles. The van der Waals surface area contributed by atoms with E-state index < -0.39 is 0 Å². The predicted octanol–water partition coefficient (Wildman–Crippen LogP) is 4.33. The Hall–Kier alpha value is -1.67. The Balaban J connectivity index is 0.00000320. The summed E-state index contributed by atoms with van der Waals surface area (Å²) in [6.45, 7) is 10.4. The molecule has 0 bridgehead atoms. The summed E-state index contributed by atoms with van der Waals surface area (Å²) in [5, 5.41) is 7.06. The summed E-state index contributed by atoms with van der Waals surface area (Å²) in [5.74, 6) is 0.939. The third-order valence-electron chi connectivity index (χ3n) is 5.83. The highest BCUT2D eigenvalue weighted by atomic mass is 127. The Morgan fingerprint density at radius 2 is 1.93 bits per heavy atom. The van der Waals surface area contributed by atoms with Crippen molar-refractivity contribution in [3.05, 3.63) is 65.5 Å². The van der Waals surface area contributed by atoms with E-state index in [-0.39, 0.29) is 24.0 Å². The lowest BCUT2D eigenvalue weighted by molar-refractivity contribution is 0.158. The predicted molar refractivity (Wildman–Crippen MR) is 137 cm³/mol. The second-order valence-electron chi connectivity index (χ2n) is 7.85. The number of hydrogen-bond acceptors (Lipinski definition) is 3. The van der Waals surface area contributed by atoms with Crippen LogP contribution in [-0.4, -0.2) is 48.1 Å². The number of piperidine rings is 1. The number of hydrogen-bond donors (Lipinski definition) is 2. The summed E-state index contributed by atoms with van der Waals surface area (Å²) < 4.78 is 0. The molecule has 2 N–H and O–H groups in total. The Labute approximate surface area is 198 Å². The third-order valence-corrected chi connectivity index (χ3v) is 5.83. The monoisotopic (exact) mass is 521 g/mol. The Kier molecular flexibility index (Phi) is 10.6. The molecule has 5 nitrogen and oxygen atoms in total. The van der Waals surface area contributed by atoms with Gasteiger partial charge in [-0.05, 0) is 62.8 Å². The molecule has 1 fully saturated rings. The number of aromatic nitrogens is 1. The second kappa shape index (κ2) is 12.9. The van der Waals surface area contributed by atoms with Gasteiger partial charge in [-0.25, -0.2) is 0 Å². The molecule has 2 aromatic rings. The molecular weight excluding hydrogens is 485 g/mol. The molecule has 1 unspecified atom stereocenters. The number of rotatable bonds is 7. The van der Waals surface area contributed by atoms with Gasteiger partial charge in [0.05, 0.1) is 0 Å². The third kappa shape index (κ3) is 7.23. The fourth-order valence-electron chi connectivity index (χ4n) is 3.96. The van der Waals surface area contributed by atoms with E-state index in [2.05, 4.69) is 77.7 Å². The molecule has 0 aliphatic carbocycles. The van der Waals surface area contributed by atoms with Gasteiger partial charge in [-0.1, -0.05) is 30.3 Å². The van der Waals surface area contributed by atoms with Gasteiger partial charge in [0.25, 0.3) is 0 Å². The Morgan fingerprint density at radius 3 is 2.60 bits per heavy atom. The van der Waals surface area contributed by atoms with E-state index in [1.807, 2.05) is 12.4 Å². The van der Waals surface area contributed by atoms with Crippen LogP contribution in [0.3, 0.4) is 0 Å². The average molecular weight is 521 g/mol. The van der Waals surface area contributed by atoms with Gasteiger partial charge in [0.1, 0.15) is 0 Å². The van der Waals surface area contributed by atoms with E-state index in [0.29, 0.717) is 12.1 Å². The van der Waals surface area contributed by atoms with Gasteiger partial charge in [-0.3, -0.25) is 14.9 Å². The molecule has 0 saturated carbocycles. The van der Waals surface area contributed by atoms with Crippen molar-refractivity contribution in [2.45, 2.75) is 52.1 Å². The molecule has 30 heavy (non-hydrogen) atoms. The molecule has 0 radical (unpaired) electrons. The fraction of sp³-hybridized carbons (Fsp3) is 0.500. The lowest BCUT2D eigenvalue weighted by Gasteiger charge is -2.37. The summed E-state index contributed by atoms with van der Waals surface area (Å²) in [4.78, 5) is 11.6. The van der Waals surface area contributed by atoms with E-state index in [1.54, 1.807) is 0 Å². The van der Waals surface area contributed by atoms with Gasteiger partial charge in [-0.2, -0.15) is 0 Å². The minimum absolute atomic E-state index is 0. The number of guanidine groups is 1. The standard InChI is InChI=1S/C24H35N5.HI/c1-4-26-24(27-15-11-21-10-14-25-18-19(21)2)28-23-12-16-29(17-13-23)20(3)22-8-6-5-7-9-22;/h5-10,14,18,20,23H,4,11-13,15-17H2,1-3H3,(H2,26,27,28);1H. The molecule has 164 valence electrons. The maximum absolute atomic E-state index is 4.81. The van der Waals surface area contributed by atoms with Gasteiger partial charge >= 0.3 is 0 Å². The van der Waals surface area contributed by atoms with Crippen LogP contribution in [0.15, 0.2) is 53.8 Å². The van der Waals surface area contributed by atoms with Gasteiger partial charge in [0.2, 0.25) is 0 Å². The molecule has 1 aromatic carbocycles. The molecule has 1 aromatic heterocycles. The van der Waals surface area contributed by atoms with Crippen molar-refractivity contribution in [1.82, 2.24) is 20.5 Å². The quantitative estimate of drug-likeness (QED) is 0.324. The van der Waals surface area contributed by atoms with Crippen molar-refractivity contribution in [1.29, 1.82) is 0 Å². The van der Waals surface area contributed by atoms with Crippen molar-refractivity contribution < 1.29 is 0 Å². The molecule has 0 spiro atoms. The Bertz CT molecular complexity index is 772. The maximum atomic E-state index is 4.81. The number of aliphatic imine (C=N–C) groups is 1. The van der Waals surface area contributed by atoms with Gasteiger partial charge < -0.3 is 10.6 Å². The van der Waals surface area contributed by atoms with Crippen molar-refractivity contribution in [3.8, 4) is 0 Å². The first-order chi connectivity index (χ1) is 14.2. The summed E-state index contributed by atoms with van der Waals surface area (Å²) in [5.41, 5.74) is 3.96. The lowest BCUT2D eigenvalue weighted by Crippen LogP contribution is -2.49. The zero-order valence-corrected chi connectivity index (χ0v) is 20.8. The molecule has 1 aliphatic rings. The average Bonchev–Trinajstić information content (AvgIpc) is 2.76. The van der Waals surface area contributed by atoms with Crippen molar-refractivity contribution >= 4 is 29.9 Å². The number of benzene rings is 1. The molecule has 1 aliphatic heterocycles. The first-order valence-electron chi connectivity index (χ1n) is 10.9. The molecule has 3 rings (SSSR count). The highest BCUT2D eigenvalue weighted by molar-refractivity contribution is 14.0. The van der Waals surface area contributed by atoms with E-state index in [1.165, 1.54) is 16.7 Å².